The second-order valence-corrected chi connectivity index (χ2v) is 3.69. The molecular formula is C12H13N3O. The van der Waals surface area contributed by atoms with Gasteiger partial charge >= 0.3 is 0 Å². The fraction of sp³-hybridized carbons (Fsp3) is 0.167. The maximum absolute atomic E-state index is 11.1. The predicted molar refractivity (Wildman–Crippen MR) is 61.1 cm³/mol. The summed E-state index contributed by atoms with van der Waals surface area (Å²) < 4.78 is 0. The molecule has 0 aliphatic carbocycles. The molecule has 4 heteroatoms. The third kappa shape index (κ3) is 1.95. The van der Waals surface area contributed by atoms with Crippen LogP contribution in [0.5, 0.6) is 0 Å². The summed E-state index contributed by atoms with van der Waals surface area (Å²) >= 11 is 0. The molecule has 1 amide bonds. The van der Waals surface area contributed by atoms with Crippen molar-refractivity contribution in [1.29, 1.82) is 0 Å². The van der Waals surface area contributed by atoms with E-state index in [0.717, 1.165) is 11.4 Å². The summed E-state index contributed by atoms with van der Waals surface area (Å²) in [6.07, 6.45) is 3.49. The maximum Gasteiger partial charge on any atom is 0.248 e. The fourth-order valence-electron chi connectivity index (χ4n) is 1.63. The highest BCUT2D eigenvalue weighted by molar-refractivity contribution is 5.92. The molecule has 0 radical (unpaired) electrons. The van der Waals surface area contributed by atoms with Crippen LogP contribution < -0.4 is 5.73 Å². The van der Waals surface area contributed by atoms with E-state index in [1.807, 2.05) is 19.1 Å². The van der Waals surface area contributed by atoms with E-state index in [1.165, 1.54) is 0 Å². The number of nitrogens with one attached hydrogen (secondary N) is 1. The average Bonchev–Trinajstić information content (AvgIpc) is 2.81. The number of nitrogens with two attached hydrogens (primary N) is 1. The van der Waals surface area contributed by atoms with Crippen LogP contribution in [0.2, 0.25) is 0 Å². The normalized spacial score (nSPS) is 12.3. The van der Waals surface area contributed by atoms with Gasteiger partial charge in [0.15, 0.2) is 0 Å². The lowest BCUT2D eigenvalue weighted by Gasteiger charge is -2.09. The molecule has 0 spiro atoms. The van der Waals surface area contributed by atoms with E-state index in [2.05, 4.69) is 9.97 Å². The Morgan fingerprint density at radius 3 is 2.94 bits per heavy atom. The SMILES string of the molecule is CC(c1cccc(C(N)=O)c1)c1ncc[nH]1. The first kappa shape index (κ1) is 10.4. The van der Waals surface area contributed by atoms with Crippen LogP contribution in [0.15, 0.2) is 36.7 Å². The first-order valence-corrected chi connectivity index (χ1v) is 5.07. The van der Waals surface area contributed by atoms with Gasteiger partial charge in [-0.1, -0.05) is 19.1 Å². The number of amides is 1. The molecule has 1 unspecified atom stereocenters. The van der Waals surface area contributed by atoms with Gasteiger partial charge < -0.3 is 10.7 Å². The van der Waals surface area contributed by atoms with Gasteiger partial charge in [0.1, 0.15) is 5.82 Å². The number of aromatic nitrogens is 2. The van der Waals surface area contributed by atoms with Crippen molar-refractivity contribution in [2.75, 3.05) is 0 Å². The summed E-state index contributed by atoms with van der Waals surface area (Å²) in [5.74, 6) is 0.587. The minimum absolute atomic E-state index is 0.120. The number of hydrogen-bond acceptors (Lipinski definition) is 2. The molecule has 2 rings (SSSR count). The third-order valence-corrected chi connectivity index (χ3v) is 2.60. The van der Waals surface area contributed by atoms with E-state index >= 15 is 0 Å². The van der Waals surface area contributed by atoms with Gasteiger partial charge in [0.25, 0.3) is 0 Å². The zero-order chi connectivity index (χ0) is 11.5. The average molecular weight is 215 g/mol. The number of primary amides is 1. The molecule has 2 aromatic rings. The van der Waals surface area contributed by atoms with E-state index in [0.29, 0.717) is 5.56 Å². The largest absolute Gasteiger partial charge is 0.366 e. The number of H-pyrrole nitrogens is 1. The van der Waals surface area contributed by atoms with E-state index in [-0.39, 0.29) is 5.92 Å². The van der Waals surface area contributed by atoms with Crippen LogP contribution in [0.1, 0.15) is 34.6 Å². The molecule has 0 aliphatic rings. The summed E-state index contributed by atoms with van der Waals surface area (Å²) in [5, 5.41) is 0. The first-order chi connectivity index (χ1) is 7.68. The van der Waals surface area contributed by atoms with Crippen LogP contribution in [-0.4, -0.2) is 15.9 Å². The Balaban J connectivity index is 2.34. The van der Waals surface area contributed by atoms with Crippen molar-refractivity contribution in [2.24, 2.45) is 5.73 Å². The molecule has 0 bridgehead atoms. The molecular weight excluding hydrogens is 202 g/mol. The Hall–Kier alpha value is -2.10. The van der Waals surface area contributed by atoms with Crippen LogP contribution in [0, 0.1) is 0 Å². The summed E-state index contributed by atoms with van der Waals surface area (Å²) in [6, 6.07) is 7.30. The minimum Gasteiger partial charge on any atom is -0.366 e. The molecule has 82 valence electrons. The molecule has 0 saturated carbocycles. The zero-order valence-electron chi connectivity index (χ0n) is 8.97. The lowest BCUT2D eigenvalue weighted by atomic mass is 9.98. The molecule has 4 nitrogen and oxygen atoms in total. The van der Waals surface area contributed by atoms with Crippen molar-refractivity contribution in [1.82, 2.24) is 9.97 Å². The predicted octanol–water partition coefficient (Wildman–Crippen LogP) is 1.66. The van der Waals surface area contributed by atoms with Gasteiger partial charge in [-0.05, 0) is 17.7 Å². The standard InChI is InChI=1S/C12H13N3O/c1-8(12-14-5-6-15-12)9-3-2-4-10(7-9)11(13)16/h2-8H,1H3,(H2,13,16)(H,14,15). The van der Waals surface area contributed by atoms with Crippen molar-refractivity contribution in [3.05, 3.63) is 53.6 Å². The van der Waals surface area contributed by atoms with Crippen molar-refractivity contribution in [3.63, 3.8) is 0 Å². The third-order valence-electron chi connectivity index (χ3n) is 2.60. The highest BCUT2D eigenvalue weighted by Crippen LogP contribution is 2.21. The van der Waals surface area contributed by atoms with E-state index in [9.17, 15) is 4.79 Å². The summed E-state index contributed by atoms with van der Waals surface area (Å²) in [5.41, 5.74) is 6.78. The van der Waals surface area contributed by atoms with Gasteiger partial charge in [0.05, 0.1) is 0 Å². The van der Waals surface area contributed by atoms with Crippen molar-refractivity contribution in [2.45, 2.75) is 12.8 Å². The van der Waals surface area contributed by atoms with Crippen molar-refractivity contribution in [3.8, 4) is 0 Å². The molecule has 1 aromatic heterocycles. The van der Waals surface area contributed by atoms with Crippen molar-refractivity contribution < 1.29 is 4.79 Å². The van der Waals surface area contributed by atoms with Crippen LogP contribution in [-0.2, 0) is 0 Å². The van der Waals surface area contributed by atoms with E-state index in [1.54, 1.807) is 24.5 Å². The summed E-state index contributed by atoms with van der Waals surface area (Å²) in [7, 11) is 0. The zero-order valence-corrected chi connectivity index (χ0v) is 8.97. The van der Waals surface area contributed by atoms with Gasteiger partial charge in [-0.2, -0.15) is 0 Å². The number of aromatic amines is 1. The number of benzene rings is 1. The summed E-state index contributed by atoms with van der Waals surface area (Å²) in [4.78, 5) is 18.3. The smallest absolute Gasteiger partial charge is 0.248 e. The first-order valence-electron chi connectivity index (χ1n) is 5.07. The number of imidazole rings is 1. The highest BCUT2D eigenvalue weighted by Gasteiger charge is 2.11. The Morgan fingerprint density at radius 1 is 1.50 bits per heavy atom. The fourth-order valence-corrected chi connectivity index (χ4v) is 1.63. The monoisotopic (exact) mass is 215 g/mol. The number of carbonyl (C=O) groups is 1. The quantitative estimate of drug-likeness (QED) is 0.817. The second kappa shape index (κ2) is 4.18. The molecule has 0 aliphatic heterocycles. The lowest BCUT2D eigenvalue weighted by molar-refractivity contribution is 0.1000. The minimum atomic E-state index is -0.409. The molecule has 1 heterocycles. The number of rotatable bonds is 3. The van der Waals surface area contributed by atoms with Gasteiger partial charge in [-0.25, -0.2) is 4.98 Å². The highest BCUT2D eigenvalue weighted by atomic mass is 16.1. The van der Waals surface area contributed by atoms with Crippen LogP contribution in [0.3, 0.4) is 0 Å². The lowest BCUT2D eigenvalue weighted by Crippen LogP contribution is -2.11. The van der Waals surface area contributed by atoms with E-state index < -0.39 is 5.91 Å². The molecule has 3 N–H and O–H groups in total. The number of nitrogens with zero attached hydrogens (tertiary/aromatic N) is 1. The van der Waals surface area contributed by atoms with Gasteiger partial charge in [-0.15, -0.1) is 0 Å². The van der Waals surface area contributed by atoms with Gasteiger partial charge in [-0.3, -0.25) is 4.79 Å². The second-order valence-electron chi connectivity index (χ2n) is 3.69. The molecule has 0 saturated heterocycles. The van der Waals surface area contributed by atoms with Crippen LogP contribution in [0.4, 0.5) is 0 Å². The Morgan fingerprint density at radius 2 is 2.31 bits per heavy atom. The maximum atomic E-state index is 11.1. The van der Waals surface area contributed by atoms with Gasteiger partial charge in [0.2, 0.25) is 5.91 Å². The summed E-state index contributed by atoms with van der Waals surface area (Å²) in [6.45, 7) is 2.03. The van der Waals surface area contributed by atoms with E-state index in [4.69, 9.17) is 5.73 Å². The van der Waals surface area contributed by atoms with Crippen LogP contribution >= 0.6 is 0 Å². The Bertz CT molecular complexity index is 491. The van der Waals surface area contributed by atoms with Crippen molar-refractivity contribution >= 4 is 5.91 Å². The molecule has 0 fully saturated rings. The Labute approximate surface area is 93.5 Å². The molecule has 16 heavy (non-hydrogen) atoms. The Kier molecular flexibility index (Phi) is 2.72. The number of hydrogen-bond donors (Lipinski definition) is 2. The van der Waals surface area contributed by atoms with Crippen LogP contribution in [0.25, 0.3) is 0 Å². The topological polar surface area (TPSA) is 71.8 Å². The van der Waals surface area contributed by atoms with Gasteiger partial charge in [0, 0.05) is 23.9 Å². The molecule has 1 aromatic carbocycles. The molecule has 1 atom stereocenters. The number of carbonyl (C=O) groups excluding carboxylic acids is 1.